The Kier molecular flexibility index (Phi) is 12.7. The molecular weight excluding hydrogens is 717 g/mol. The zero-order valence-electron chi connectivity index (χ0n) is 34.2. The Labute approximate surface area is 326 Å². The summed E-state index contributed by atoms with van der Waals surface area (Å²) in [5.74, 6) is 4.99. The molecule has 18 heteroatoms. The smallest absolute Gasteiger partial charge is 0.342 e. The van der Waals surface area contributed by atoms with E-state index in [9.17, 15) is 20.2 Å². The van der Waals surface area contributed by atoms with Crippen molar-refractivity contribution >= 4 is 11.6 Å². The predicted molar refractivity (Wildman–Crippen MR) is 210 cm³/mol. The lowest BCUT2D eigenvalue weighted by Crippen LogP contribution is -2.30. The predicted octanol–water partition coefficient (Wildman–Crippen LogP) is 6.61. The van der Waals surface area contributed by atoms with Crippen molar-refractivity contribution in [1.82, 2.24) is 57.3 Å². The molecule has 0 atom stereocenters. The fourth-order valence-electron chi connectivity index (χ4n) is 7.47. The van der Waals surface area contributed by atoms with Crippen LogP contribution in [-0.2, 0) is 32.8 Å². The molecule has 0 bridgehead atoms. The number of hydrogen-bond donors (Lipinski definition) is 0. The monoisotopic (exact) mass is 770 g/mol. The zero-order chi connectivity index (χ0) is 40.9. The van der Waals surface area contributed by atoms with Gasteiger partial charge in [0.1, 0.15) is 42.4 Å². The highest BCUT2D eigenvalue weighted by Gasteiger charge is 2.34. The third kappa shape index (κ3) is 9.12. The van der Waals surface area contributed by atoms with Gasteiger partial charge in [-0.1, -0.05) is 0 Å². The van der Waals surface area contributed by atoms with E-state index in [4.69, 9.17) is 0 Å². The lowest BCUT2D eigenvalue weighted by atomic mass is 9.74. The normalized spacial score (nSPS) is 11.6. The molecule has 0 N–H and O–H groups in total. The van der Waals surface area contributed by atoms with Crippen molar-refractivity contribution in [3.8, 4) is 0 Å². The van der Waals surface area contributed by atoms with Crippen LogP contribution in [0.25, 0.3) is 0 Å². The highest BCUT2D eigenvalue weighted by Crippen LogP contribution is 2.39. The number of aromatic nitrogens is 12. The average molecular weight is 771 g/mol. The first-order valence-corrected chi connectivity index (χ1v) is 18.8. The molecule has 0 saturated heterocycles. The second kappa shape index (κ2) is 17.2. The Morgan fingerprint density at radius 1 is 0.429 bits per heavy atom. The Morgan fingerprint density at radius 2 is 0.679 bits per heavy atom. The minimum atomic E-state index is -0.406. The highest BCUT2D eigenvalue weighted by molar-refractivity contribution is 5.20. The summed E-state index contributed by atoms with van der Waals surface area (Å²) in [6.45, 7) is 22.7. The first kappa shape index (κ1) is 41.2. The van der Waals surface area contributed by atoms with Crippen molar-refractivity contribution in [1.29, 1.82) is 0 Å². The quantitative estimate of drug-likeness (QED) is 0.0764. The molecule has 0 fully saturated rings. The summed E-state index contributed by atoms with van der Waals surface area (Å²) >= 11 is 0. The first-order chi connectivity index (χ1) is 26.5. The molecule has 6 heterocycles. The maximum Gasteiger partial charge on any atom is 0.342 e. The summed E-state index contributed by atoms with van der Waals surface area (Å²) in [5, 5.41) is 23.5. The van der Waals surface area contributed by atoms with E-state index in [0.717, 1.165) is 54.2 Å². The number of rotatable bonds is 16. The molecule has 0 spiro atoms. The number of aryl methyl sites for hydroxylation is 10. The van der Waals surface area contributed by atoms with Gasteiger partial charge in [0.05, 0.1) is 13.1 Å². The van der Waals surface area contributed by atoms with Gasteiger partial charge < -0.3 is 38.5 Å². The van der Waals surface area contributed by atoms with Crippen LogP contribution in [0.4, 0.5) is 11.6 Å². The van der Waals surface area contributed by atoms with Gasteiger partial charge in [0.15, 0.2) is 11.6 Å². The van der Waals surface area contributed by atoms with E-state index >= 15 is 0 Å². The standard InChI is InChI=1S/C27H38N10O4.C11H16N4/c1-19-15-28-21(3)32(19)11-7-27(8-12-33-20(2)16-29-22(33)4,9-13-34-23(5)30-17-25(34)36(38)39)10-14-35-24(6)31-18-26(35)37(40)41;1-8-5-12-10(3)14(8)7-15-9(2)6-13-11(15)4/h15-18H,7-14H2,1-6H3;5-6H,7H2,1-4H3. The Morgan fingerprint density at radius 3 is 0.946 bits per heavy atom. The summed E-state index contributed by atoms with van der Waals surface area (Å²) in [7, 11) is 0. The topological polar surface area (TPSA) is 193 Å². The van der Waals surface area contributed by atoms with Crippen LogP contribution in [0.2, 0.25) is 0 Å². The van der Waals surface area contributed by atoms with E-state index in [2.05, 4.69) is 62.0 Å². The molecule has 18 nitrogen and oxygen atoms in total. The van der Waals surface area contributed by atoms with Crippen LogP contribution in [0.3, 0.4) is 0 Å². The number of hydrogen-bond acceptors (Lipinski definition) is 10. The molecule has 56 heavy (non-hydrogen) atoms. The molecule has 0 aromatic carbocycles. The third-order valence-corrected chi connectivity index (χ3v) is 11.2. The lowest BCUT2D eigenvalue weighted by Gasteiger charge is -2.34. The second-order valence-corrected chi connectivity index (χ2v) is 14.7. The van der Waals surface area contributed by atoms with Gasteiger partial charge >= 0.3 is 11.6 Å². The van der Waals surface area contributed by atoms with Crippen molar-refractivity contribution in [2.24, 2.45) is 5.41 Å². The maximum atomic E-state index is 11.7. The zero-order valence-corrected chi connectivity index (χ0v) is 34.2. The summed E-state index contributed by atoms with van der Waals surface area (Å²) in [6, 6.07) is 0. The van der Waals surface area contributed by atoms with E-state index in [1.54, 1.807) is 23.0 Å². The highest BCUT2D eigenvalue weighted by atomic mass is 16.6. The Hall–Kier alpha value is -5.94. The molecule has 0 saturated carbocycles. The van der Waals surface area contributed by atoms with Crippen LogP contribution in [0, 0.1) is 94.9 Å². The van der Waals surface area contributed by atoms with Crippen LogP contribution >= 0.6 is 0 Å². The fraction of sp³-hybridized carbons (Fsp3) is 0.526. The van der Waals surface area contributed by atoms with Gasteiger partial charge in [0.25, 0.3) is 0 Å². The van der Waals surface area contributed by atoms with Gasteiger partial charge in [-0.05, 0) is 96.3 Å². The first-order valence-electron chi connectivity index (χ1n) is 18.8. The van der Waals surface area contributed by atoms with Gasteiger partial charge in [-0.15, -0.1) is 0 Å². The van der Waals surface area contributed by atoms with Crippen LogP contribution in [0.5, 0.6) is 0 Å². The SMILES string of the molecule is Cc1cnc(C)n1CCC(CCn1c(C)cnc1C)(CCn1c([N+](=O)[O-])cnc1C)CCn1c([N+](=O)[O-])cnc1C.Cc1cnc(C)n1Cn1c(C)cnc1C. The van der Waals surface area contributed by atoms with Gasteiger partial charge in [0.2, 0.25) is 0 Å². The molecule has 0 aliphatic carbocycles. The van der Waals surface area contributed by atoms with E-state index in [1.807, 2.05) is 66.3 Å². The Bertz CT molecular complexity index is 2060. The number of imidazole rings is 6. The van der Waals surface area contributed by atoms with Crippen molar-refractivity contribution in [2.45, 2.75) is 128 Å². The molecule has 6 aromatic heterocycles. The third-order valence-electron chi connectivity index (χ3n) is 11.2. The largest absolute Gasteiger partial charge is 0.358 e. The van der Waals surface area contributed by atoms with E-state index in [0.29, 0.717) is 50.7 Å². The molecule has 0 aliphatic rings. The van der Waals surface area contributed by atoms with Crippen molar-refractivity contribution in [3.05, 3.63) is 115 Å². The average Bonchev–Trinajstić information content (AvgIpc) is 4.00. The van der Waals surface area contributed by atoms with Gasteiger partial charge in [0, 0.05) is 74.5 Å². The lowest BCUT2D eigenvalue weighted by molar-refractivity contribution is -0.392. The Balaban J connectivity index is 0.000000332. The fourth-order valence-corrected chi connectivity index (χ4v) is 7.47. The molecular formula is C38H54N14O4. The van der Waals surface area contributed by atoms with Crippen LogP contribution in [0.15, 0.2) is 37.2 Å². The van der Waals surface area contributed by atoms with Gasteiger partial charge in [-0.25, -0.2) is 39.0 Å². The van der Waals surface area contributed by atoms with Crippen LogP contribution in [-0.4, -0.2) is 67.2 Å². The van der Waals surface area contributed by atoms with E-state index < -0.39 is 9.85 Å². The summed E-state index contributed by atoms with van der Waals surface area (Å²) < 4.78 is 12.0. The molecule has 0 unspecified atom stereocenters. The minimum Gasteiger partial charge on any atom is -0.358 e. The maximum absolute atomic E-state index is 11.7. The van der Waals surface area contributed by atoms with Crippen molar-refractivity contribution in [3.63, 3.8) is 0 Å². The summed E-state index contributed by atoms with van der Waals surface area (Å²) in [6.07, 6.45) is 12.8. The molecule has 0 radical (unpaired) electrons. The van der Waals surface area contributed by atoms with Crippen LogP contribution < -0.4 is 0 Å². The van der Waals surface area contributed by atoms with E-state index in [1.165, 1.54) is 23.8 Å². The molecule has 0 amide bonds. The second-order valence-electron chi connectivity index (χ2n) is 14.7. The number of nitro groups is 2. The van der Waals surface area contributed by atoms with Gasteiger partial charge in [-0.3, -0.25) is 0 Å². The summed E-state index contributed by atoms with van der Waals surface area (Å²) in [5.41, 5.74) is 4.13. The molecule has 300 valence electrons. The number of nitrogens with zero attached hydrogens (tertiary/aromatic N) is 14. The summed E-state index contributed by atoms with van der Waals surface area (Å²) in [4.78, 5) is 48.6. The molecule has 6 aromatic rings. The molecule has 0 aliphatic heterocycles. The van der Waals surface area contributed by atoms with Gasteiger partial charge in [-0.2, -0.15) is 0 Å². The van der Waals surface area contributed by atoms with Crippen LogP contribution in [0.1, 0.15) is 83.4 Å². The van der Waals surface area contributed by atoms with E-state index in [-0.39, 0.29) is 17.1 Å². The van der Waals surface area contributed by atoms with Crippen molar-refractivity contribution < 1.29 is 9.85 Å². The minimum absolute atomic E-state index is 0.0416. The molecule has 6 rings (SSSR count). The van der Waals surface area contributed by atoms with Crippen molar-refractivity contribution in [2.75, 3.05) is 0 Å².